The molecule has 21 heavy (non-hydrogen) atoms. The van der Waals surface area contributed by atoms with E-state index < -0.39 is 35.6 Å². The maximum Gasteiger partial charge on any atom is 0.417 e. The van der Waals surface area contributed by atoms with E-state index in [9.17, 15) is 23.1 Å². The summed E-state index contributed by atoms with van der Waals surface area (Å²) in [5, 5.41) is 9.71. The number of aliphatic hydroxyl groups is 1. The number of ether oxygens (including phenoxy) is 1. The zero-order valence-electron chi connectivity index (χ0n) is 13.1. The summed E-state index contributed by atoms with van der Waals surface area (Å²) < 4.78 is 44.1. The van der Waals surface area contributed by atoms with E-state index in [1.165, 1.54) is 0 Å². The Kier molecular flexibility index (Phi) is 5.03. The molecule has 124 valence electrons. The summed E-state index contributed by atoms with van der Waals surface area (Å²) in [7, 11) is 0. The van der Waals surface area contributed by atoms with Crippen LogP contribution >= 0.6 is 0 Å². The van der Waals surface area contributed by atoms with Crippen molar-refractivity contribution in [3.63, 3.8) is 0 Å². The molecule has 0 saturated heterocycles. The van der Waals surface area contributed by atoms with Crippen LogP contribution in [0.1, 0.15) is 66.2 Å². The van der Waals surface area contributed by atoms with Gasteiger partial charge in [0.25, 0.3) is 0 Å². The Morgan fingerprint density at radius 1 is 1.14 bits per heavy atom. The largest absolute Gasteiger partial charge is 0.459 e. The maximum atomic E-state index is 12.8. The van der Waals surface area contributed by atoms with Crippen molar-refractivity contribution in [2.24, 2.45) is 5.41 Å². The van der Waals surface area contributed by atoms with Gasteiger partial charge in [-0.3, -0.25) is 4.79 Å². The standard InChI is InChI=1S/C15H25F3O3/c1-5-12(3,4)11(19)21-13(6-2)7-9-14(20,10-8-13)15(16,17)18/h20H,5-10H2,1-4H3. The zero-order chi connectivity index (χ0) is 16.5. The third kappa shape index (κ3) is 3.71. The molecule has 0 aromatic heterocycles. The van der Waals surface area contributed by atoms with Gasteiger partial charge in [-0.25, -0.2) is 0 Å². The zero-order valence-corrected chi connectivity index (χ0v) is 13.1. The van der Waals surface area contributed by atoms with Gasteiger partial charge in [0.2, 0.25) is 0 Å². The lowest BCUT2D eigenvalue weighted by molar-refractivity contribution is -0.280. The van der Waals surface area contributed by atoms with Crippen LogP contribution in [0.2, 0.25) is 0 Å². The molecule has 1 rings (SSSR count). The van der Waals surface area contributed by atoms with E-state index >= 15 is 0 Å². The molecule has 0 atom stereocenters. The number of hydrogen-bond donors (Lipinski definition) is 1. The number of rotatable bonds is 4. The van der Waals surface area contributed by atoms with Crippen LogP contribution in [0.3, 0.4) is 0 Å². The van der Waals surface area contributed by atoms with E-state index in [4.69, 9.17) is 4.74 Å². The fourth-order valence-electron chi connectivity index (χ4n) is 2.41. The summed E-state index contributed by atoms with van der Waals surface area (Å²) in [5.41, 5.74) is -4.20. The Morgan fingerprint density at radius 2 is 1.62 bits per heavy atom. The minimum atomic E-state index is -4.64. The lowest BCUT2D eigenvalue weighted by Crippen LogP contribution is -2.53. The van der Waals surface area contributed by atoms with Crippen LogP contribution in [0.25, 0.3) is 0 Å². The predicted octanol–water partition coefficient (Wildman–Crippen LogP) is 3.98. The highest BCUT2D eigenvalue weighted by molar-refractivity contribution is 5.76. The van der Waals surface area contributed by atoms with Gasteiger partial charge in [0, 0.05) is 0 Å². The molecule has 0 amide bonds. The first-order valence-corrected chi connectivity index (χ1v) is 7.44. The molecule has 0 spiro atoms. The smallest absolute Gasteiger partial charge is 0.417 e. The van der Waals surface area contributed by atoms with Crippen molar-refractivity contribution in [1.82, 2.24) is 0 Å². The second-order valence-corrected chi connectivity index (χ2v) is 6.69. The third-order valence-electron chi connectivity index (χ3n) is 4.91. The number of hydrogen-bond acceptors (Lipinski definition) is 3. The van der Waals surface area contributed by atoms with Gasteiger partial charge in [-0.05, 0) is 52.4 Å². The molecule has 0 aliphatic heterocycles. The van der Waals surface area contributed by atoms with Crippen molar-refractivity contribution in [3.05, 3.63) is 0 Å². The molecular formula is C15H25F3O3. The van der Waals surface area contributed by atoms with Crippen molar-refractivity contribution in [2.45, 2.75) is 83.6 Å². The summed E-state index contributed by atoms with van der Waals surface area (Å²) in [5.74, 6) is -0.385. The van der Waals surface area contributed by atoms with Gasteiger partial charge in [-0.15, -0.1) is 0 Å². The van der Waals surface area contributed by atoms with E-state index in [2.05, 4.69) is 0 Å². The molecular weight excluding hydrogens is 285 g/mol. The quantitative estimate of drug-likeness (QED) is 0.799. The Balaban J connectivity index is 2.81. The van der Waals surface area contributed by atoms with Crippen LogP contribution < -0.4 is 0 Å². The highest BCUT2D eigenvalue weighted by atomic mass is 19.4. The van der Waals surface area contributed by atoms with E-state index in [1.54, 1.807) is 20.8 Å². The molecule has 1 fully saturated rings. The van der Waals surface area contributed by atoms with Crippen molar-refractivity contribution in [2.75, 3.05) is 0 Å². The molecule has 1 saturated carbocycles. The Bertz CT molecular complexity index is 380. The molecule has 0 bridgehead atoms. The van der Waals surface area contributed by atoms with Crippen molar-refractivity contribution in [3.8, 4) is 0 Å². The summed E-state index contributed by atoms with van der Waals surface area (Å²) in [6, 6.07) is 0. The summed E-state index contributed by atoms with van der Waals surface area (Å²) in [4.78, 5) is 12.2. The van der Waals surface area contributed by atoms with E-state index in [-0.39, 0.29) is 18.8 Å². The van der Waals surface area contributed by atoms with Gasteiger partial charge in [0.1, 0.15) is 5.60 Å². The van der Waals surface area contributed by atoms with Crippen molar-refractivity contribution in [1.29, 1.82) is 0 Å². The minimum Gasteiger partial charge on any atom is -0.459 e. The van der Waals surface area contributed by atoms with E-state index in [0.29, 0.717) is 12.8 Å². The molecule has 0 heterocycles. The molecule has 1 N–H and O–H groups in total. The SMILES string of the molecule is CCC1(OC(=O)C(C)(C)CC)CCC(O)(C(F)(F)F)CC1. The number of alkyl halides is 3. The second-order valence-electron chi connectivity index (χ2n) is 6.69. The average molecular weight is 310 g/mol. The van der Waals surface area contributed by atoms with Crippen LogP contribution in [0.15, 0.2) is 0 Å². The highest BCUT2D eigenvalue weighted by Gasteiger charge is 2.57. The van der Waals surface area contributed by atoms with E-state index in [0.717, 1.165) is 0 Å². The van der Waals surface area contributed by atoms with E-state index in [1.807, 2.05) is 6.92 Å². The molecule has 3 nitrogen and oxygen atoms in total. The molecule has 0 aromatic rings. The first-order valence-electron chi connectivity index (χ1n) is 7.44. The maximum absolute atomic E-state index is 12.8. The molecule has 6 heteroatoms. The highest BCUT2D eigenvalue weighted by Crippen LogP contribution is 2.47. The molecule has 1 aliphatic carbocycles. The van der Waals surface area contributed by atoms with Crippen molar-refractivity contribution >= 4 is 5.97 Å². The van der Waals surface area contributed by atoms with Crippen LogP contribution in [0.5, 0.6) is 0 Å². The van der Waals surface area contributed by atoms with Crippen molar-refractivity contribution < 1.29 is 27.8 Å². The van der Waals surface area contributed by atoms with Crippen LogP contribution in [0.4, 0.5) is 13.2 Å². The summed E-state index contributed by atoms with van der Waals surface area (Å²) in [6.07, 6.45) is -4.38. The molecule has 1 aliphatic rings. The monoisotopic (exact) mass is 310 g/mol. The number of halogens is 3. The molecule has 0 radical (unpaired) electrons. The van der Waals surface area contributed by atoms with Crippen LogP contribution in [-0.4, -0.2) is 28.5 Å². The van der Waals surface area contributed by atoms with Gasteiger partial charge in [0.05, 0.1) is 5.41 Å². The Hall–Kier alpha value is -0.780. The van der Waals surface area contributed by atoms with Gasteiger partial charge in [-0.2, -0.15) is 13.2 Å². The third-order valence-corrected chi connectivity index (χ3v) is 4.91. The van der Waals surface area contributed by atoms with Crippen LogP contribution in [-0.2, 0) is 9.53 Å². The topological polar surface area (TPSA) is 46.5 Å². The minimum absolute atomic E-state index is 0.0328. The van der Waals surface area contributed by atoms with Gasteiger partial charge >= 0.3 is 12.1 Å². The number of carbonyl (C=O) groups excluding carboxylic acids is 1. The lowest BCUT2D eigenvalue weighted by Gasteiger charge is -2.44. The van der Waals surface area contributed by atoms with Gasteiger partial charge in [0.15, 0.2) is 5.60 Å². The predicted molar refractivity (Wildman–Crippen MR) is 72.7 cm³/mol. The normalized spacial score (nSPS) is 31.0. The summed E-state index contributed by atoms with van der Waals surface area (Å²) >= 11 is 0. The van der Waals surface area contributed by atoms with Crippen LogP contribution in [0, 0.1) is 5.41 Å². The van der Waals surface area contributed by atoms with Gasteiger partial charge in [-0.1, -0.05) is 13.8 Å². The fourth-order valence-corrected chi connectivity index (χ4v) is 2.41. The first-order chi connectivity index (χ1) is 9.41. The van der Waals surface area contributed by atoms with Gasteiger partial charge < -0.3 is 9.84 Å². The fraction of sp³-hybridized carbons (Fsp3) is 0.933. The first kappa shape index (κ1) is 18.3. The Labute approximate surface area is 123 Å². The molecule has 0 aromatic carbocycles. The summed E-state index contributed by atoms with van der Waals surface area (Å²) in [6.45, 7) is 7.18. The Morgan fingerprint density at radius 3 is 1.95 bits per heavy atom. The molecule has 0 unspecified atom stereocenters. The lowest BCUT2D eigenvalue weighted by atomic mass is 9.74. The number of carbonyl (C=O) groups is 1. The number of esters is 1. The average Bonchev–Trinajstić information content (AvgIpc) is 2.40. The second kappa shape index (κ2) is 5.78.